The standard InChI is InChI=1S/C10H13BrN2/c1-6(2)8-5-9(11)13-10(12-8)7-3-4-7/h5-7H,3-4H2,1-2H3. The summed E-state index contributed by atoms with van der Waals surface area (Å²) in [5, 5.41) is 0. The van der Waals surface area contributed by atoms with E-state index in [1.165, 1.54) is 12.8 Å². The van der Waals surface area contributed by atoms with Crippen molar-refractivity contribution in [1.29, 1.82) is 0 Å². The lowest BCUT2D eigenvalue weighted by Gasteiger charge is -2.06. The van der Waals surface area contributed by atoms with Gasteiger partial charge >= 0.3 is 0 Å². The molecule has 13 heavy (non-hydrogen) atoms. The molecular formula is C10H13BrN2. The molecule has 0 amide bonds. The second kappa shape index (κ2) is 3.37. The molecule has 1 heterocycles. The lowest BCUT2D eigenvalue weighted by atomic mass is 10.1. The molecular weight excluding hydrogens is 228 g/mol. The van der Waals surface area contributed by atoms with E-state index in [1.54, 1.807) is 0 Å². The van der Waals surface area contributed by atoms with Crippen LogP contribution in [0.25, 0.3) is 0 Å². The second-order valence-corrected chi connectivity index (χ2v) is 4.72. The summed E-state index contributed by atoms with van der Waals surface area (Å²) in [4.78, 5) is 8.94. The highest BCUT2D eigenvalue weighted by molar-refractivity contribution is 9.10. The van der Waals surface area contributed by atoms with E-state index in [9.17, 15) is 0 Å². The zero-order chi connectivity index (χ0) is 9.42. The minimum absolute atomic E-state index is 0.483. The van der Waals surface area contributed by atoms with Gasteiger partial charge in [-0.2, -0.15) is 0 Å². The highest BCUT2D eigenvalue weighted by Crippen LogP contribution is 2.38. The number of halogens is 1. The first-order valence-corrected chi connectivity index (χ1v) is 5.50. The Kier molecular flexibility index (Phi) is 2.37. The van der Waals surface area contributed by atoms with Crippen molar-refractivity contribution in [2.75, 3.05) is 0 Å². The SMILES string of the molecule is CC(C)c1cc(Br)nc(C2CC2)n1. The summed E-state index contributed by atoms with van der Waals surface area (Å²) < 4.78 is 0.924. The molecule has 0 radical (unpaired) electrons. The van der Waals surface area contributed by atoms with Crippen LogP contribution < -0.4 is 0 Å². The Balaban J connectivity index is 2.36. The van der Waals surface area contributed by atoms with Crippen LogP contribution >= 0.6 is 15.9 Å². The first-order chi connectivity index (χ1) is 6.16. The summed E-state index contributed by atoms with van der Waals surface area (Å²) in [6, 6.07) is 2.01. The molecule has 2 nitrogen and oxygen atoms in total. The molecule has 1 aromatic rings. The zero-order valence-electron chi connectivity index (χ0n) is 7.92. The van der Waals surface area contributed by atoms with Gasteiger partial charge in [-0.1, -0.05) is 13.8 Å². The molecule has 1 aliphatic carbocycles. The van der Waals surface area contributed by atoms with E-state index in [0.29, 0.717) is 11.8 Å². The highest BCUT2D eigenvalue weighted by atomic mass is 79.9. The van der Waals surface area contributed by atoms with Crippen molar-refractivity contribution in [3.05, 3.63) is 22.2 Å². The van der Waals surface area contributed by atoms with Crippen LogP contribution in [-0.4, -0.2) is 9.97 Å². The molecule has 0 aliphatic heterocycles. The average Bonchev–Trinajstić information content (AvgIpc) is 2.85. The Morgan fingerprint density at radius 2 is 2.08 bits per heavy atom. The molecule has 70 valence electrons. The Labute approximate surface area is 86.9 Å². The van der Waals surface area contributed by atoms with Crippen LogP contribution in [0.1, 0.15) is 50.0 Å². The average molecular weight is 241 g/mol. The van der Waals surface area contributed by atoms with E-state index >= 15 is 0 Å². The van der Waals surface area contributed by atoms with E-state index in [0.717, 1.165) is 16.1 Å². The quantitative estimate of drug-likeness (QED) is 0.743. The number of rotatable bonds is 2. The normalized spacial score (nSPS) is 16.6. The summed E-state index contributed by atoms with van der Waals surface area (Å²) in [5.41, 5.74) is 1.14. The van der Waals surface area contributed by atoms with E-state index in [-0.39, 0.29) is 0 Å². The minimum Gasteiger partial charge on any atom is -0.237 e. The van der Waals surface area contributed by atoms with Gasteiger partial charge in [0.15, 0.2) is 0 Å². The predicted molar refractivity (Wildman–Crippen MR) is 55.8 cm³/mol. The third kappa shape index (κ3) is 2.08. The van der Waals surface area contributed by atoms with Crippen molar-refractivity contribution in [2.45, 2.75) is 38.5 Å². The summed E-state index contributed by atoms with van der Waals surface area (Å²) in [7, 11) is 0. The molecule has 1 aromatic heterocycles. The van der Waals surface area contributed by atoms with Gasteiger partial charge in [-0.25, -0.2) is 9.97 Å². The maximum atomic E-state index is 4.55. The minimum atomic E-state index is 0.483. The number of nitrogens with zero attached hydrogens (tertiary/aromatic N) is 2. The fourth-order valence-corrected chi connectivity index (χ4v) is 1.69. The van der Waals surface area contributed by atoms with Crippen molar-refractivity contribution >= 4 is 15.9 Å². The van der Waals surface area contributed by atoms with Crippen molar-refractivity contribution in [3.8, 4) is 0 Å². The molecule has 0 aromatic carbocycles. The largest absolute Gasteiger partial charge is 0.237 e. The van der Waals surface area contributed by atoms with Crippen LogP contribution in [0.2, 0.25) is 0 Å². The first-order valence-electron chi connectivity index (χ1n) is 4.71. The Morgan fingerprint density at radius 1 is 1.38 bits per heavy atom. The summed E-state index contributed by atoms with van der Waals surface area (Å²) in [6.07, 6.45) is 2.52. The van der Waals surface area contributed by atoms with Crippen LogP contribution in [0.15, 0.2) is 10.7 Å². The summed E-state index contributed by atoms with van der Waals surface area (Å²) in [5.74, 6) is 2.14. The van der Waals surface area contributed by atoms with Gasteiger partial charge in [0.1, 0.15) is 10.4 Å². The lowest BCUT2D eigenvalue weighted by Crippen LogP contribution is -2.00. The van der Waals surface area contributed by atoms with E-state index in [1.807, 2.05) is 6.07 Å². The van der Waals surface area contributed by atoms with Gasteiger partial charge in [0.25, 0.3) is 0 Å². The maximum Gasteiger partial charge on any atom is 0.132 e. The molecule has 0 saturated heterocycles. The van der Waals surface area contributed by atoms with Crippen molar-refractivity contribution in [2.24, 2.45) is 0 Å². The molecule has 1 aliphatic rings. The smallest absolute Gasteiger partial charge is 0.132 e. The highest BCUT2D eigenvalue weighted by Gasteiger charge is 2.27. The summed E-state index contributed by atoms with van der Waals surface area (Å²) >= 11 is 3.43. The van der Waals surface area contributed by atoms with Crippen molar-refractivity contribution in [3.63, 3.8) is 0 Å². The van der Waals surface area contributed by atoms with E-state index in [4.69, 9.17) is 0 Å². The van der Waals surface area contributed by atoms with Crippen LogP contribution in [-0.2, 0) is 0 Å². The lowest BCUT2D eigenvalue weighted by molar-refractivity contribution is 0.778. The number of hydrogen-bond acceptors (Lipinski definition) is 2. The van der Waals surface area contributed by atoms with Crippen LogP contribution in [0.5, 0.6) is 0 Å². The molecule has 0 unspecified atom stereocenters. The second-order valence-electron chi connectivity index (χ2n) is 3.90. The zero-order valence-corrected chi connectivity index (χ0v) is 9.50. The van der Waals surface area contributed by atoms with E-state index in [2.05, 4.69) is 39.7 Å². The molecule has 0 spiro atoms. The Bertz CT molecular complexity index is 298. The molecule has 2 rings (SSSR count). The van der Waals surface area contributed by atoms with Crippen molar-refractivity contribution in [1.82, 2.24) is 9.97 Å². The van der Waals surface area contributed by atoms with Gasteiger partial charge < -0.3 is 0 Å². The Hall–Kier alpha value is -0.440. The van der Waals surface area contributed by atoms with Gasteiger partial charge in [0.05, 0.1) is 0 Å². The third-order valence-electron chi connectivity index (χ3n) is 2.27. The number of aromatic nitrogens is 2. The molecule has 1 saturated carbocycles. The van der Waals surface area contributed by atoms with Gasteiger partial charge in [-0.05, 0) is 40.8 Å². The third-order valence-corrected chi connectivity index (χ3v) is 2.67. The van der Waals surface area contributed by atoms with Gasteiger partial charge in [-0.3, -0.25) is 0 Å². The molecule has 0 bridgehead atoms. The van der Waals surface area contributed by atoms with Gasteiger partial charge in [-0.15, -0.1) is 0 Å². The fraction of sp³-hybridized carbons (Fsp3) is 0.600. The van der Waals surface area contributed by atoms with Crippen LogP contribution in [0.4, 0.5) is 0 Å². The number of hydrogen-bond donors (Lipinski definition) is 0. The molecule has 0 atom stereocenters. The molecule has 3 heteroatoms. The fourth-order valence-electron chi connectivity index (χ4n) is 1.27. The maximum absolute atomic E-state index is 4.55. The van der Waals surface area contributed by atoms with Crippen molar-refractivity contribution < 1.29 is 0 Å². The van der Waals surface area contributed by atoms with Crippen LogP contribution in [0, 0.1) is 0 Å². The predicted octanol–water partition coefficient (Wildman–Crippen LogP) is 3.24. The molecule has 0 N–H and O–H groups in total. The Morgan fingerprint density at radius 3 is 2.62 bits per heavy atom. The van der Waals surface area contributed by atoms with Crippen LogP contribution in [0.3, 0.4) is 0 Å². The molecule has 1 fully saturated rings. The monoisotopic (exact) mass is 240 g/mol. The van der Waals surface area contributed by atoms with Gasteiger partial charge in [0.2, 0.25) is 0 Å². The first kappa shape index (κ1) is 9.13. The summed E-state index contributed by atoms with van der Waals surface area (Å²) in [6.45, 7) is 4.32. The van der Waals surface area contributed by atoms with Gasteiger partial charge in [0, 0.05) is 11.6 Å². The topological polar surface area (TPSA) is 25.8 Å². The van der Waals surface area contributed by atoms with E-state index < -0.39 is 0 Å².